The van der Waals surface area contributed by atoms with E-state index in [1.807, 2.05) is 22.6 Å². The first-order valence-corrected chi connectivity index (χ1v) is 6.52. The SMILES string of the molecule is ClC(Cl)(Cl)C(I)=NC1CCCCC1. The largest absolute Gasteiger partial charge is 0.275 e. The van der Waals surface area contributed by atoms with Gasteiger partial charge >= 0.3 is 0 Å². The molecule has 76 valence electrons. The molecule has 0 unspecified atom stereocenters. The molecule has 0 aliphatic heterocycles. The van der Waals surface area contributed by atoms with Gasteiger partial charge in [0.25, 0.3) is 0 Å². The van der Waals surface area contributed by atoms with Gasteiger partial charge in [-0.3, -0.25) is 4.99 Å². The third-order valence-corrected chi connectivity index (χ3v) is 4.69. The summed E-state index contributed by atoms with van der Waals surface area (Å²) in [6, 6.07) is 0.372. The van der Waals surface area contributed by atoms with Crippen molar-refractivity contribution in [2.45, 2.75) is 41.9 Å². The summed E-state index contributed by atoms with van der Waals surface area (Å²) in [5.41, 5.74) is 0. The van der Waals surface area contributed by atoms with E-state index in [-0.39, 0.29) is 0 Å². The van der Waals surface area contributed by atoms with Crippen LogP contribution in [0.3, 0.4) is 0 Å². The summed E-state index contributed by atoms with van der Waals surface area (Å²) >= 11 is 19.1. The molecular formula is C8H11Cl3IN. The van der Waals surface area contributed by atoms with Crippen molar-refractivity contribution in [3.8, 4) is 0 Å². The van der Waals surface area contributed by atoms with Crippen LogP contribution in [0.4, 0.5) is 0 Å². The lowest BCUT2D eigenvalue weighted by atomic mass is 9.96. The maximum atomic E-state index is 5.70. The predicted molar refractivity (Wildman–Crippen MR) is 68.6 cm³/mol. The van der Waals surface area contributed by atoms with E-state index in [1.165, 1.54) is 19.3 Å². The highest BCUT2D eigenvalue weighted by Gasteiger charge is 2.26. The molecule has 0 bridgehead atoms. The summed E-state index contributed by atoms with van der Waals surface area (Å²) in [4.78, 5) is 4.41. The van der Waals surface area contributed by atoms with Crippen molar-refractivity contribution in [3.05, 3.63) is 0 Å². The zero-order valence-corrected chi connectivity index (χ0v) is 11.5. The van der Waals surface area contributed by atoms with Gasteiger partial charge in [-0.15, -0.1) is 0 Å². The molecule has 1 rings (SSSR count). The Kier molecular flexibility index (Phi) is 5.11. The molecule has 13 heavy (non-hydrogen) atoms. The van der Waals surface area contributed by atoms with E-state index >= 15 is 0 Å². The molecule has 1 aliphatic rings. The molecule has 5 heteroatoms. The van der Waals surface area contributed by atoms with Gasteiger partial charge in [0.05, 0.1) is 6.04 Å². The van der Waals surface area contributed by atoms with Gasteiger partial charge in [0.1, 0.15) is 3.72 Å². The lowest BCUT2D eigenvalue weighted by Crippen LogP contribution is -2.17. The fraction of sp³-hybridized carbons (Fsp3) is 0.875. The van der Waals surface area contributed by atoms with E-state index in [4.69, 9.17) is 34.8 Å². The third-order valence-electron chi connectivity index (χ3n) is 2.10. The molecule has 0 aromatic heterocycles. The van der Waals surface area contributed by atoms with Crippen molar-refractivity contribution < 1.29 is 0 Å². The lowest BCUT2D eigenvalue weighted by molar-refractivity contribution is 0.444. The highest BCUT2D eigenvalue weighted by atomic mass is 127. The molecule has 0 saturated heterocycles. The minimum absolute atomic E-state index is 0.372. The van der Waals surface area contributed by atoms with E-state index in [9.17, 15) is 0 Å². The summed E-state index contributed by atoms with van der Waals surface area (Å²) in [6.07, 6.45) is 6.08. The van der Waals surface area contributed by atoms with Gasteiger partial charge in [-0.25, -0.2) is 0 Å². The van der Waals surface area contributed by atoms with Crippen LogP contribution in [-0.2, 0) is 0 Å². The third kappa shape index (κ3) is 4.54. The van der Waals surface area contributed by atoms with Crippen LogP contribution in [-0.4, -0.2) is 13.6 Å². The first-order chi connectivity index (χ1) is 6.00. The van der Waals surface area contributed by atoms with Crippen molar-refractivity contribution in [2.75, 3.05) is 0 Å². The maximum Gasteiger partial charge on any atom is 0.237 e. The van der Waals surface area contributed by atoms with Crippen LogP contribution in [0.1, 0.15) is 32.1 Å². The monoisotopic (exact) mass is 353 g/mol. The van der Waals surface area contributed by atoms with E-state index in [1.54, 1.807) is 0 Å². The summed E-state index contributed by atoms with van der Waals surface area (Å²) in [7, 11) is 0. The molecule has 1 nitrogen and oxygen atoms in total. The highest BCUT2D eigenvalue weighted by molar-refractivity contribution is 14.1. The number of nitrogens with zero attached hydrogens (tertiary/aromatic N) is 1. The van der Waals surface area contributed by atoms with Gasteiger partial charge in [0, 0.05) is 0 Å². The molecule has 0 aromatic carbocycles. The van der Waals surface area contributed by atoms with E-state index in [0.717, 1.165) is 12.8 Å². The number of alkyl halides is 3. The molecule has 0 atom stereocenters. The Labute approximate surface area is 107 Å². The van der Waals surface area contributed by atoms with Crippen LogP contribution < -0.4 is 0 Å². The number of halogens is 4. The Hall–Kier alpha value is 1.27. The van der Waals surface area contributed by atoms with Crippen LogP contribution in [0.5, 0.6) is 0 Å². The molecule has 1 fully saturated rings. The number of hydrogen-bond acceptors (Lipinski definition) is 1. The smallest absolute Gasteiger partial charge is 0.237 e. The van der Waals surface area contributed by atoms with Crippen molar-refractivity contribution in [1.82, 2.24) is 0 Å². The molecule has 0 aromatic rings. The highest BCUT2D eigenvalue weighted by Crippen LogP contribution is 2.32. The van der Waals surface area contributed by atoms with Crippen LogP contribution in [0.25, 0.3) is 0 Å². The molecule has 0 heterocycles. The summed E-state index contributed by atoms with van der Waals surface area (Å²) in [5.74, 6) is 0. The Morgan fingerprint density at radius 1 is 1.15 bits per heavy atom. The Balaban J connectivity index is 2.53. The quantitative estimate of drug-likeness (QED) is 0.373. The fourth-order valence-electron chi connectivity index (χ4n) is 1.44. The van der Waals surface area contributed by atoms with Crippen molar-refractivity contribution in [3.63, 3.8) is 0 Å². The fourth-order valence-corrected chi connectivity index (χ4v) is 1.98. The van der Waals surface area contributed by atoms with E-state index < -0.39 is 3.79 Å². The topological polar surface area (TPSA) is 12.4 Å². The second-order valence-electron chi connectivity index (χ2n) is 3.21. The van der Waals surface area contributed by atoms with Crippen molar-refractivity contribution in [1.29, 1.82) is 0 Å². The summed E-state index contributed by atoms with van der Waals surface area (Å²) in [5, 5.41) is 0. The second-order valence-corrected chi connectivity index (χ2v) is 6.51. The Bertz CT molecular complexity index is 194. The molecule has 1 saturated carbocycles. The van der Waals surface area contributed by atoms with Crippen LogP contribution in [0.15, 0.2) is 4.99 Å². The van der Waals surface area contributed by atoms with Gasteiger partial charge in [0.2, 0.25) is 3.79 Å². The Morgan fingerprint density at radius 3 is 2.15 bits per heavy atom. The van der Waals surface area contributed by atoms with Crippen LogP contribution >= 0.6 is 57.4 Å². The minimum atomic E-state index is -1.34. The molecule has 1 aliphatic carbocycles. The Morgan fingerprint density at radius 2 is 1.69 bits per heavy atom. The molecule has 0 N–H and O–H groups in total. The van der Waals surface area contributed by atoms with Crippen molar-refractivity contribution in [2.24, 2.45) is 4.99 Å². The number of rotatable bonds is 1. The lowest BCUT2D eigenvalue weighted by Gasteiger charge is -2.19. The van der Waals surface area contributed by atoms with Gasteiger partial charge in [-0.05, 0) is 35.4 Å². The molecule has 0 spiro atoms. The average molecular weight is 354 g/mol. The predicted octanol–water partition coefficient (Wildman–Crippen LogP) is 4.52. The number of aliphatic imine (C=N–C) groups is 1. The maximum absolute atomic E-state index is 5.70. The minimum Gasteiger partial charge on any atom is -0.275 e. The second kappa shape index (κ2) is 5.38. The zero-order valence-electron chi connectivity index (χ0n) is 7.07. The van der Waals surface area contributed by atoms with Crippen molar-refractivity contribution >= 4 is 61.1 Å². The standard InChI is InChI=1S/C8H11Cl3IN/c9-8(10,11)7(12)13-6-4-2-1-3-5-6/h6H,1-5H2. The molecule has 0 radical (unpaired) electrons. The van der Waals surface area contributed by atoms with E-state index in [0.29, 0.717) is 9.76 Å². The first-order valence-electron chi connectivity index (χ1n) is 4.30. The summed E-state index contributed by atoms with van der Waals surface area (Å²) < 4.78 is -0.750. The zero-order chi connectivity index (χ0) is 9.90. The average Bonchev–Trinajstić information content (AvgIpc) is 2.04. The first kappa shape index (κ1) is 12.3. The van der Waals surface area contributed by atoms with Gasteiger partial charge < -0.3 is 0 Å². The summed E-state index contributed by atoms with van der Waals surface area (Å²) in [6.45, 7) is 0. The van der Waals surface area contributed by atoms with E-state index in [2.05, 4.69) is 4.99 Å². The van der Waals surface area contributed by atoms with Gasteiger partial charge in [0.15, 0.2) is 0 Å². The normalized spacial score (nSPS) is 22.0. The van der Waals surface area contributed by atoms with Gasteiger partial charge in [-0.2, -0.15) is 0 Å². The van der Waals surface area contributed by atoms with Crippen LogP contribution in [0, 0.1) is 0 Å². The number of hydrogen-bond donors (Lipinski definition) is 0. The van der Waals surface area contributed by atoms with Gasteiger partial charge in [-0.1, -0.05) is 54.1 Å². The molecular weight excluding hydrogens is 343 g/mol. The molecule has 0 amide bonds. The van der Waals surface area contributed by atoms with Crippen LogP contribution in [0.2, 0.25) is 0 Å².